The van der Waals surface area contributed by atoms with Gasteiger partial charge in [0.2, 0.25) is 9.84 Å². The number of nitriles is 2. The van der Waals surface area contributed by atoms with Crippen molar-refractivity contribution in [1.82, 2.24) is 0 Å². The number of halogens is 4. The van der Waals surface area contributed by atoms with E-state index >= 15 is 0 Å². The van der Waals surface area contributed by atoms with Crippen molar-refractivity contribution in [3.63, 3.8) is 0 Å². The van der Waals surface area contributed by atoms with E-state index in [4.69, 9.17) is 26.9 Å². The van der Waals surface area contributed by atoms with Crippen molar-refractivity contribution >= 4 is 21.4 Å². The molecule has 0 N–H and O–H groups in total. The summed E-state index contributed by atoms with van der Waals surface area (Å²) < 4.78 is 67.1. The molecule has 2 aromatic rings. The molecule has 0 aliphatic rings. The van der Waals surface area contributed by atoms with Crippen molar-refractivity contribution in [1.29, 1.82) is 10.5 Å². The van der Waals surface area contributed by atoms with Crippen LogP contribution < -0.4 is 4.74 Å². The molecule has 0 unspecified atom stereocenters. The number of benzene rings is 2. The maximum absolute atomic E-state index is 13.4. The smallest absolute Gasteiger partial charge is 0.341 e. The molecule has 0 saturated carbocycles. The third-order valence-corrected chi connectivity index (χ3v) is 4.88. The lowest BCUT2D eigenvalue weighted by atomic mass is 10.2. The van der Waals surface area contributed by atoms with Crippen LogP contribution in [0.2, 0.25) is 5.02 Å². The second-order valence-electron chi connectivity index (χ2n) is 4.56. The molecule has 10 heteroatoms. The fraction of sp³-hybridized carbons (Fsp3) is 0.0667. The number of ether oxygens (including phenoxy) is 1. The minimum Gasteiger partial charge on any atom is -0.456 e. The Bertz CT molecular complexity index is 1030. The van der Waals surface area contributed by atoms with Crippen molar-refractivity contribution in [2.24, 2.45) is 0 Å². The van der Waals surface area contributed by atoms with Crippen LogP contribution in [0.4, 0.5) is 13.2 Å². The number of hydrogen-bond donors (Lipinski definition) is 0. The molecule has 0 aromatic heterocycles. The molecule has 5 nitrogen and oxygen atoms in total. The summed E-state index contributed by atoms with van der Waals surface area (Å²) >= 11 is 5.76. The Balaban J connectivity index is 2.55. The second kappa shape index (κ2) is 7.01. The van der Waals surface area contributed by atoms with Gasteiger partial charge in [-0.05, 0) is 24.3 Å². The Morgan fingerprint density at radius 3 is 2.36 bits per heavy atom. The molecular formula is C15H6ClF3N2O3S. The summed E-state index contributed by atoms with van der Waals surface area (Å²) in [6.45, 7) is 0. The maximum atomic E-state index is 13.4. The van der Waals surface area contributed by atoms with E-state index in [2.05, 4.69) is 0 Å². The number of rotatable bonds is 4. The lowest BCUT2D eigenvalue weighted by Crippen LogP contribution is -2.12. The van der Waals surface area contributed by atoms with Gasteiger partial charge in [-0.25, -0.2) is 12.8 Å². The van der Waals surface area contributed by atoms with Crippen LogP contribution in [0.1, 0.15) is 11.1 Å². The molecule has 128 valence electrons. The van der Waals surface area contributed by atoms with E-state index < -0.39 is 36.9 Å². The predicted molar refractivity (Wildman–Crippen MR) is 80.5 cm³/mol. The van der Waals surface area contributed by atoms with E-state index in [1.165, 1.54) is 6.07 Å². The van der Waals surface area contributed by atoms with Gasteiger partial charge in [-0.3, -0.25) is 0 Å². The monoisotopic (exact) mass is 386 g/mol. The first-order valence-corrected chi connectivity index (χ1v) is 8.26. The van der Waals surface area contributed by atoms with Gasteiger partial charge >= 0.3 is 5.76 Å². The van der Waals surface area contributed by atoms with Gasteiger partial charge in [0.05, 0.1) is 21.6 Å². The van der Waals surface area contributed by atoms with Crippen molar-refractivity contribution < 1.29 is 26.3 Å². The first-order valence-electron chi connectivity index (χ1n) is 6.34. The van der Waals surface area contributed by atoms with Gasteiger partial charge in [0, 0.05) is 6.07 Å². The summed E-state index contributed by atoms with van der Waals surface area (Å²) in [6.07, 6.45) is 0. The third-order valence-electron chi connectivity index (χ3n) is 2.95. The molecular weight excluding hydrogens is 381 g/mol. The summed E-state index contributed by atoms with van der Waals surface area (Å²) in [4.78, 5) is -0.926. The van der Waals surface area contributed by atoms with E-state index in [0.717, 1.165) is 24.3 Å². The minimum absolute atomic E-state index is 0.0588. The number of sulfone groups is 1. The SMILES string of the molecule is N#Cc1cc(F)cc(Oc2ccc(S(=O)(=O)C(F)F)c(Cl)c2C#N)c1. The van der Waals surface area contributed by atoms with Gasteiger partial charge < -0.3 is 4.74 Å². The molecule has 0 atom stereocenters. The minimum atomic E-state index is -5.02. The molecule has 0 saturated heterocycles. The van der Waals surface area contributed by atoms with E-state index in [9.17, 15) is 21.6 Å². The Morgan fingerprint density at radius 1 is 1.12 bits per heavy atom. The zero-order valence-corrected chi connectivity index (χ0v) is 13.6. The van der Waals surface area contributed by atoms with Crippen LogP contribution in [-0.4, -0.2) is 14.2 Å². The van der Waals surface area contributed by atoms with E-state index in [-0.39, 0.29) is 17.1 Å². The first-order chi connectivity index (χ1) is 11.7. The van der Waals surface area contributed by atoms with Crippen LogP contribution in [-0.2, 0) is 9.84 Å². The Hall–Kier alpha value is -2.75. The highest BCUT2D eigenvalue weighted by atomic mass is 35.5. The number of nitrogens with zero attached hydrogens (tertiary/aromatic N) is 2. The van der Waals surface area contributed by atoms with E-state index in [1.54, 1.807) is 12.1 Å². The highest BCUT2D eigenvalue weighted by Crippen LogP contribution is 2.36. The van der Waals surface area contributed by atoms with Crippen molar-refractivity contribution in [2.45, 2.75) is 10.7 Å². The zero-order valence-electron chi connectivity index (χ0n) is 12.0. The Morgan fingerprint density at radius 2 is 1.80 bits per heavy atom. The number of hydrogen-bond acceptors (Lipinski definition) is 5. The summed E-state index contributed by atoms with van der Waals surface area (Å²) in [6, 6.07) is 7.98. The molecule has 0 fully saturated rings. The third kappa shape index (κ3) is 3.68. The van der Waals surface area contributed by atoms with Gasteiger partial charge in [-0.1, -0.05) is 11.6 Å². The average molecular weight is 387 g/mol. The zero-order chi connectivity index (χ0) is 18.8. The fourth-order valence-corrected chi connectivity index (χ4v) is 3.18. The lowest BCUT2D eigenvalue weighted by Gasteiger charge is -2.12. The van der Waals surface area contributed by atoms with Gasteiger partial charge in [-0.2, -0.15) is 19.3 Å². The number of alkyl halides is 2. The van der Waals surface area contributed by atoms with Gasteiger partial charge in [0.25, 0.3) is 0 Å². The highest BCUT2D eigenvalue weighted by Gasteiger charge is 2.31. The topological polar surface area (TPSA) is 90.9 Å². The van der Waals surface area contributed by atoms with Crippen LogP contribution >= 0.6 is 11.6 Å². The average Bonchev–Trinajstić information content (AvgIpc) is 2.54. The quantitative estimate of drug-likeness (QED) is 0.791. The highest BCUT2D eigenvalue weighted by molar-refractivity contribution is 7.91. The molecule has 2 aromatic carbocycles. The largest absolute Gasteiger partial charge is 0.456 e. The molecule has 2 rings (SSSR count). The molecule has 0 heterocycles. The van der Waals surface area contributed by atoms with Crippen LogP contribution in [0.15, 0.2) is 35.2 Å². The fourth-order valence-electron chi connectivity index (χ4n) is 1.86. The van der Waals surface area contributed by atoms with Gasteiger partial charge in [-0.15, -0.1) is 0 Å². The van der Waals surface area contributed by atoms with Crippen molar-refractivity contribution in [3.05, 3.63) is 52.3 Å². The molecule has 0 bridgehead atoms. The Labute approximate surface area is 145 Å². The van der Waals surface area contributed by atoms with Crippen LogP contribution in [0.3, 0.4) is 0 Å². The summed E-state index contributed by atoms with van der Waals surface area (Å²) in [5.74, 6) is -4.94. The first kappa shape index (κ1) is 18.6. The van der Waals surface area contributed by atoms with Gasteiger partial charge in [0.15, 0.2) is 0 Å². The molecule has 0 spiro atoms. The standard InChI is InChI=1S/C15H6ClF3N2O3S/c16-14-11(7-21)12(1-2-13(14)25(22,23)15(18)19)24-10-4-8(6-20)3-9(17)5-10/h1-5,15H. The normalized spacial score (nSPS) is 11.0. The van der Waals surface area contributed by atoms with Crippen LogP contribution in [0, 0.1) is 28.5 Å². The van der Waals surface area contributed by atoms with Gasteiger partial charge in [0.1, 0.15) is 28.9 Å². The molecule has 0 amide bonds. The van der Waals surface area contributed by atoms with Crippen molar-refractivity contribution in [2.75, 3.05) is 0 Å². The second-order valence-corrected chi connectivity index (χ2v) is 6.82. The van der Waals surface area contributed by atoms with Crippen molar-refractivity contribution in [3.8, 4) is 23.6 Å². The predicted octanol–water partition coefficient (Wildman–Crippen LogP) is 4.01. The lowest BCUT2D eigenvalue weighted by molar-refractivity contribution is 0.234. The maximum Gasteiger partial charge on any atom is 0.341 e. The Kier molecular flexibility index (Phi) is 5.21. The summed E-state index contributed by atoms with van der Waals surface area (Å²) in [5, 5.41) is 17.2. The molecule has 0 aliphatic carbocycles. The summed E-state index contributed by atoms with van der Waals surface area (Å²) in [5.41, 5.74) is -0.581. The van der Waals surface area contributed by atoms with E-state index in [1.807, 2.05) is 0 Å². The molecule has 25 heavy (non-hydrogen) atoms. The molecule has 0 radical (unpaired) electrons. The van der Waals surface area contributed by atoms with E-state index in [0.29, 0.717) is 0 Å². The van der Waals surface area contributed by atoms with Crippen LogP contribution in [0.25, 0.3) is 0 Å². The summed E-state index contributed by atoms with van der Waals surface area (Å²) in [7, 11) is -5.02. The van der Waals surface area contributed by atoms with Crippen LogP contribution in [0.5, 0.6) is 11.5 Å². The molecule has 0 aliphatic heterocycles.